The van der Waals surface area contributed by atoms with Gasteiger partial charge in [-0.2, -0.15) is 9.03 Å². The molecule has 0 fully saturated rings. The van der Waals surface area contributed by atoms with Crippen molar-refractivity contribution in [1.29, 1.82) is 0 Å². The van der Waals surface area contributed by atoms with E-state index in [9.17, 15) is 46.7 Å². The van der Waals surface area contributed by atoms with Gasteiger partial charge in [0, 0.05) is 19.2 Å². The molecule has 0 heterocycles. The van der Waals surface area contributed by atoms with Crippen LogP contribution >= 0.6 is 0 Å². The van der Waals surface area contributed by atoms with Crippen molar-refractivity contribution in [1.82, 2.24) is 9.03 Å². The third-order valence-corrected chi connectivity index (χ3v) is 9.60. The maximum atomic E-state index is 12.8. The Hall–Kier alpha value is -4.00. The van der Waals surface area contributed by atoms with E-state index in [1.165, 1.54) is 31.3 Å². The normalized spacial score (nSPS) is 13.6. The lowest BCUT2D eigenvalue weighted by Gasteiger charge is -2.34. The van der Waals surface area contributed by atoms with Crippen molar-refractivity contribution in [2.75, 3.05) is 21.3 Å². The smallest absolute Gasteiger partial charge is 0.324 e. The molecule has 2 atom stereocenters. The molecule has 250 valence electrons. The van der Waals surface area contributed by atoms with Crippen LogP contribution in [0.4, 0.5) is 11.4 Å². The Balaban J connectivity index is 0.000000450. The number of likely N-dealkylation sites (N-methyl/N-ethyl adjacent to an activating group) is 1. The van der Waals surface area contributed by atoms with Gasteiger partial charge in [-0.05, 0) is 23.0 Å². The summed E-state index contributed by atoms with van der Waals surface area (Å²) in [5.41, 5.74) is -2.65. The predicted molar refractivity (Wildman–Crippen MR) is 162 cm³/mol. The van der Waals surface area contributed by atoms with Crippen LogP contribution in [0, 0.1) is 31.1 Å². The van der Waals surface area contributed by atoms with Crippen LogP contribution in [0.15, 0.2) is 58.3 Å². The van der Waals surface area contributed by atoms with Gasteiger partial charge in [-0.3, -0.25) is 29.8 Å². The summed E-state index contributed by atoms with van der Waals surface area (Å²) in [6, 6.07) is 7.61. The Kier molecular flexibility index (Phi) is 12.9. The number of hydrogen-bond acceptors (Lipinski definition) is 12. The fraction of sp³-hybridized carbons (Fsp3) is 0.481. The van der Waals surface area contributed by atoms with Gasteiger partial charge in [0.1, 0.15) is 12.1 Å². The van der Waals surface area contributed by atoms with Gasteiger partial charge in [0.15, 0.2) is 9.79 Å². The summed E-state index contributed by atoms with van der Waals surface area (Å²) in [5, 5.41) is 22.0. The number of rotatable bonds is 10. The third kappa shape index (κ3) is 9.74. The van der Waals surface area contributed by atoms with Crippen molar-refractivity contribution in [3.63, 3.8) is 0 Å². The van der Waals surface area contributed by atoms with E-state index in [1.54, 1.807) is 41.5 Å². The van der Waals surface area contributed by atoms with Crippen LogP contribution in [0.2, 0.25) is 0 Å². The van der Waals surface area contributed by atoms with Gasteiger partial charge < -0.3 is 9.47 Å². The SMILES string of the molecule is COC(=O)[C@@H](N(C)S(=O)(=O)c1ccccc1[N+](=O)[O-])C(C)(C)C.COC(=O)[C@@H](NS(=O)(=O)c1ccccc1[N+](=O)[O-])C(C)(C)C. The van der Waals surface area contributed by atoms with Crippen molar-refractivity contribution in [3.05, 3.63) is 68.8 Å². The predicted octanol–water partition coefficient (Wildman–Crippen LogP) is 3.26. The molecule has 2 aromatic rings. The van der Waals surface area contributed by atoms with Crippen molar-refractivity contribution >= 4 is 43.4 Å². The first kappa shape index (κ1) is 39.0. The molecule has 2 rings (SSSR count). The maximum Gasteiger partial charge on any atom is 0.324 e. The van der Waals surface area contributed by atoms with Gasteiger partial charge in [0.05, 0.1) is 24.1 Å². The molecule has 16 nitrogen and oxygen atoms in total. The van der Waals surface area contributed by atoms with Crippen molar-refractivity contribution < 1.29 is 45.7 Å². The average molecular weight is 675 g/mol. The maximum absolute atomic E-state index is 12.8. The van der Waals surface area contributed by atoms with Crippen LogP contribution in [-0.4, -0.2) is 76.3 Å². The molecule has 0 unspecified atom stereocenters. The van der Waals surface area contributed by atoms with Gasteiger partial charge in [0.2, 0.25) is 20.0 Å². The van der Waals surface area contributed by atoms with E-state index in [2.05, 4.69) is 14.2 Å². The van der Waals surface area contributed by atoms with E-state index in [0.717, 1.165) is 42.8 Å². The fourth-order valence-corrected chi connectivity index (χ4v) is 7.24. The quantitative estimate of drug-likeness (QED) is 0.218. The van der Waals surface area contributed by atoms with Gasteiger partial charge in [-0.15, -0.1) is 0 Å². The number of nitrogens with one attached hydrogen (secondary N) is 1. The van der Waals surface area contributed by atoms with E-state index in [1.807, 2.05) is 0 Å². The van der Waals surface area contributed by atoms with E-state index in [0.29, 0.717) is 0 Å². The van der Waals surface area contributed by atoms with Gasteiger partial charge in [0.25, 0.3) is 11.4 Å². The molecule has 0 spiro atoms. The van der Waals surface area contributed by atoms with E-state index in [-0.39, 0.29) is 0 Å². The number of nitro benzene ring substituents is 2. The van der Waals surface area contributed by atoms with Gasteiger partial charge in [-0.1, -0.05) is 65.8 Å². The molecule has 0 aliphatic heterocycles. The molecule has 1 N–H and O–H groups in total. The van der Waals surface area contributed by atoms with Crippen molar-refractivity contribution in [3.8, 4) is 0 Å². The number of esters is 2. The number of para-hydroxylation sites is 2. The summed E-state index contributed by atoms with van der Waals surface area (Å²) in [5.74, 6) is -1.50. The molecule has 0 saturated heterocycles. The first-order valence-electron chi connectivity index (χ1n) is 13.1. The van der Waals surface area contributed by atoms with Crippen LogP contribution in [-0.2, 0) is 39.1 Å². The standard InChI is InChI=1S/C14H20N2O6S.C13H18N2O6S/c1-14(2,3)12(13(17)22-5)15(4)23(20,21)11-9-7-6-8-10(11)16(18)19;1-13(2,3)11(12(16)21-4)14-22(19,20)10-8-6-5-7-9(10)15(17)18/h6-9,12H,1-5H3;5-8,11,14H,1-4H3/t12-;11-/m11/s1. The monoisotopic (exact) mass is 674 g/mol. The largest absolute Gasteiger partial charge is 0.468 e. The highest BCUT2D eigenvalue weighted by molar-refractivity contribution is 7.89. The zero-order valence-corrected chi connectivity index (χ0v) is 28.0. The number of carbonyl (C=O) groups is 2. The number of carbonyl (C=O) groups excluding carboxylic acids is 2. The molecular formula is C27H38N4O12S2. The summed E-state index contributed by atoms with van der Waals surface area (Å²) in [6.45, 7) is 9.99. The minimum Gasteiger partial charge on any atom is -0.468 e. The Morgan fingerprint density at radius 1 is 0.756 bits per heavy atom. The number of methoxy groups -OCH3 is 2. The van der Waals surface area contributed by atoms with E-state index >= 15 is 0 Å². The average Bonchev–Trinajstić information content (AvgIpc) is 2.94. The fourth-order valence-electron chi connectivity index (χ4n) is 4.03. The molecule has 0 aliphatic rings. The summed E-state index contributed by atoms with van der Waals surface area (Å²) in [6.07, 6.45) is 0. The highest BCUT2D eigenvalue weighted by Gasteiger charge is 2.43. The summed E-state index contributed by atoms with van der Waals surface area (Å²) in [4.78, 5) is 43.3. The Labute approximate surface area is 262 Å². The van der Waals surface area contributed by atoms with Crippen LogP contribution in [0.3, 0.4) is 0 Å². The number of sulfonamides is 2. The highest BCUT2D eigenvalue weighted by Crippen LogP contribution is 2.32. The second-order valence-electron chi connectivity index (χ2n) is 11.7. The molecular weight excluding hydrogens is 636 g/mol. The number of nitro groups is 2. The summed E-state index contributed by atoms with van der Waals surface area (Å²) in [7, 11) is -5.02. The lowest BCUT2D eigenvalue weighted by molar-refractivity contribution is -0.388. The highest BCUT2D eigenvalue weighted by atomic mass is 32.2. The van der Waals surface area contributed by atoms with Gasteiger partial charge >= 0.3 is 11.9 Å². The van der Waals surface area contributed by atoms with Crippen LogP contribution in [0.5, 0.6) is 0 Å². The number of benzene rings is 2. The molecule has 0 bridgehead atoms. The second-order valence-corrected chi connectivity index (χ2v) is 15.4. The first-order valence-corrected chi connectivity index (χ1v) is 16.0. The third-order valence-electron chi connectivity index (χ3n) is 6.25. The molecule has 0 saturated carbocycles. The molecule has 2 aromatic carbocycles. The van der Waals surface area contributed by atoms with Crippen LogP contribution in [0.1, 0.15) is 41.5 Å². The summed E-state index contributed by atoms with van der Waals surface area (Å²) >= 11 is 0. The number of ether oxygens (including phenoxy) is 2. The zero-order valence-electron chi connectivity index (χ0n) is 26.3. The van der Waals surface area contributed by atoms with E-state index in [4.69, 9.17) is 0 Å². The van der Waals surface area contributed by atoms with Crippen LogP contribution < -0.4 is 4.72 Å². The second kappa shape index (κ2) is 14.9. The van der Waals surface area contributed by atoms with Crippen LogP contribution in [0.25, 0.3) is 0 Å². The lowest BCUT2D eigenvalue weighted by Crippen LogP contribution is -2.50. The Bertz CT molecular complexity index is 1630. The van der Waals surface area contributed by atoms with E-state index < -0.39 is 85.9 Å². The lowest BCUT2D eigenvalue weighted by atomic mass is 9.87. The summed E-state index contributed by atoms with van der Waals surface area (Å²) < 4.78 is 62.7. The Morgan fingerprint density at radius 2 is 1.16 bits per heavy atom. The topological polar surface area (TPSA) is 222 Å². The molecule has 0 aliphatic carbocycles. The molecule has 0 radical (unpaired) electrons. The zero-order chi connectivity index (χ0) is 35.1. The first-order chi connectivity index (χ1) is 20.4. The minimum absolute atomic E-state index is 0.467. The molecule has 45 heavy (non-hydrogen) atoms. The van der Waals surface area contributed by atoms with Crippen molar-refractivity contribution in [2.45, 2.75) is 63.4 Å². The number of nitrogens with zero attached hydrogens (tertiary/aromatic N) is 3. The van der Waals surface area contributed by atoms with Gasteiger partial charge in [-0.25, -0.2) is 16.8 Å². The molecule has 18 heteroatoms. The minimum atomic E-state index is -4.27. The number of hydrogen-bond donors (Lipinski definition) is 1. The Morgan fingerprint density at radius 3 is 1.53 bits per heavy atom. The van der Waals surface area contributed by atoms with Crippen molar-refractivity contribution in [2.24, 2.45) is 10.8 Å². The molecule has 0 aromatic heterocycles. The molecule has 0 amide bonds.